The Morgan fingerprint density at radius 1 is 1.26 bits per heavy atom. The van der Waals surface area contributed by atoms with E-state index in [4.69, 9.17) is 16.0 Å². The Labute approximate surface area is 118 Å². The number of halogens is 1. The highest BCUT2D eigenvalue weighted by Crippen LogP contribution is 2.24. The fourth-order valence-electron chi connectivity index (χ4n) is 1.83. The smallest absolute Gasteiger partial charge is 0.248 e. The first kappa shape index (κ1) is 14.0. The normalized spacial score (nSPS) is 10.9. The Kier molecular flexibility index (Phi) is 4.93. The van der Waals surface area contributed by atoms with E-state index >= 15 is 0 Å². The second kappa shape index (κ2) is 6.68. The van der Waals surface area contributed by atoms with Crippen LogP contribution in [0.1, 0.15) is 24.8 Å². The monoisotopic (exact) mass is 279 g/mol. The first-order chi connectivity index (χ1) is 9.20. The van der Waals surface area contributed by atoms with Crippen molar-refractivity contribution in [1.82, 2.24) is 15.5 Å². The zero-order valence-corrected chi connectivity index (χ0v) is 12.0. The molecule has 19 heavy (non-hydrogen) atoms. The van der Waals surface area contributed by atoms with Gasteiger partial charge in [0.25, 0.3) is 0 Å². The average molecular weight is 280 g/mol. The summed E-state index contributed by atoms with van der Waals surface area (Å²) in [7, 11) is 0. The first-order valence-corrected chi connectivity index (χ1v) is 6.88. The van der Waals surface area contributed by atoms with E-state index in [1.165, 1.54) is 0 Å². The molecule has 4 nitrogen and oxygen atoms in total. The molecule has 0 fully saturated rings. The van der Waals surface area contributed by atoms with Crippen molar-refractivity contribution >= 4 is 11.6 Å². The van der Waals surface area contributed by atoms with Crippen molar-refractivity contribution in [2.75, 3.05) is 13.1 Å². The molecular formula is C14H18ClN3O. The Bertz CT molecular complexity index is 539. The highest BCUT2D eigenvalue weighted by Gasteiger charge is 2.10. The summed E-state index contributed by atoms with van der Waals surface area (Å²) >= 11 is 5.93. The number of rotatable bonds is 6. The Balaban J connectivity index is 2.04. The predicted molar refractivity (Wildman–Crippen MR) is 76.3 cm³/mol. The number of nitrogens with zero attached hydrogens (tertiary/aromatic N) is 2. The molecule has 0 aliphatic rings. The minimum atomic E-state index is 0.555. The third-order valence-electron chi connectivity index (χ3n) is 2.83. The average Bonchev–Trinajstić information content (AvgIpc) is 2.83. The SMILES string of the molecule is CCCNCCc1nnc(-c2ccc(Cl)cc2C)o1. The lowest BCUT2D eigenvalue weighted by Crippen LogP contribution is -2.17. The van der Waals surface area contributed by atoms with Crippen LogP contribution in [0.25, 0.3) is 11.5 Å². The lowest BCUT2D eigenvalue weighted by atomic mass is 10.1. The van der Waals surface area contributed by atoms with Gasteiger partial charge in [-0.05, 0) is 43.7 Å². The van der Waals surface area contributed by atoms with Gasteiger partial charge in [-0.25, -0.2) is 0 Å². The number of nitrogens with one attached hydrogen (secondary N) is 1. The second-order valence-electron chi connectivity index (χ2n) is 4.46. The van der Waals surface area contributed by atoms with Gasteiger partial charge in [0.2, 0.25) is 11.8 Å². The third-order valence-corrected chi connectivity index (χ3v) is 3.06. The lowest BCUT2D eigenvalue weighted by Gasteiger charge is -2.01. The molecule has 1 aromatic heterocycles. The van der Waals surface area contributed by atoms with Crippen LogP contribution >= 0.6 is 11.6 Å². The number of aryl methyl sites for hydroxylation is 1. The van der Waals surface area contributed by atoms with Crippen LogP contribution in [0.4, 0.5) is 0 Å². The maximum atomic E-state index is 5.93. The van der Waals surface area contributed by atoms with Crippen molar-refractivity contribution in [1.29, 1.82) is 0 Å². The number of benzene rings is 1. The quantitative estimate of drug-likeness (QED) is 0.825. The number of hydrogen-bond acceptors (Lipinski definition) is 4. The molecule has 1 heterocycles. The molecule has 0 saturated carbocycles. The van der Waals surface area contributed by atoms with E-state index in [1.807, 2.05) is 25.1 Å². The van der Waals surface area contributed by atoms with E-state index < -0.39 is 0 Å². The van der Waals surface area contributed by atoms with Crippen molar-refractivity contribution in [3.05, 3.63) is 34.7 Å². The molecule has 2 rings (SSSR count). The van der Waals surface area contributed by atoms with Gasteiger partial charge < -0.3 is 9.73 Å². The summed E-state index contributed by atoms with van der Waals surface area (Å²) in [5, 5.41) is 12.2. The molecule has 0 spiro atoms. The highest BCUT2D eigenvalue weighted by molar-refractivity contribution is 6.30. The third kappa shape index (κ3) is 3.78. The van der Waals surface area contributed by atoms with E-state index in [-0.39, 0.29) is 0 Å². The van der Waals surface area contributed by atoms with Crippen LogP contribution in [0.2, 0.25) is 5.02 Å². The van der Waals surface area contributed by atoms with Gasteiger partial charge in [-0.15, -0.1) is 10.2 Å². The van der Waals surface area contributed by atoms with Crippen molar-refractivity contribution in [3.8, 4) is 11.5 Å². The van der Waals surface area contributed by atoms with Gasteiger partial charge in [0.05, 0.1) is 0 Å². The van der Waals surface area contributed by atoms with Crippen LogP contribution in [0.5, 0.6) is 0 Å². The van der Waals surface area contributed by atoms with Gasteiger partial charge in [0.1, 0.15) is 0 Å². The van der Waals surface area contributed by atoms with E-state index in [1.54, 1.807) is 0 Å². The zero-order valence-electron chi connectivity index (χ0n) is 11.2. The number of hydrogen-bond donors (Lipinski definition) is 1. The summed E-state index contributed by atoms with van der Waals surface area (Å²) in [6.07, 6.45) is 1.87. The van der Waals surface area contributed by atoms with Crippen molar-refractivity contribution in [3.63, 3.8) is 0 Å². The molecule has 0 aliphatic carbocycles. The van der Waals surface area contributed by atoms with Gasteiger partial charge in [-0.1, -0.05) is 18.5 Å². The van der Waals surface area contributed by atoms with Crippen LogP contribution in [-0.2, 0) is 6.42 Å². The van der Waals surface area contributed by atoms with E-state index in [9.17, 15) is 0 Å². The highest BCUT2D eigenvalue weighted by atomic mass is 35.5. The maximum Gasteiger partial charge on any atom is 0.248 e. The van der Waals surface area contributed by atoms with Crippen LogP contribution in [0.15, 0.2) is 22.6 Å². The van der Waals surface area contributed by atoms with Crippen LogP contribution in [-0.4, -0.2) is 23.3 Å². The fraction of sp³-hybridized carbons (Fsp3) is 0.429. The summed E-state index contributed by atoms with van der Waals surface area (Å²) in [5.74, 6) is 1.22. The van der Waals surface area contributed by atoms with Gasteiger partial charge in [-0.2, -0.15) is 0 Å². The van der Waals surface area contributed by atoms with Crippen molar-refractivity contribution in [2.24, 2.45) is 0 Å². The maximum absolute atomic E-state index is 5.93. The minimum absolute atomic E-state index is 0.555. The van der Waals surface area contributed by atoms with Crippen LogP contribution in [0, 0.1) is 6.92 Å². The standard InChI is InChI=1S/C14H18ClN3O/c1-3-7-16-8-6-13-17-18-14(19-13)12-5-4-11(15)9-10(12)2/h4-5,9,16H,3,6-8H2,1-2H3. The fourth-order valence-corrected chi connectivity index (χ4v) is 2.05. The molecule has 0 atom stereocenters. The van der Waals surface area contributed by atoms with E-state index in [2.05, 4.69) is 22.4 Å². The van der Waals surface area contributed by atoms with Crippen LogP contribution in [0.3, 0.4) is 0 Å². The molecule has 2 aromatic rings. The van der Waals surface area contributed by atoms with Crippen molar-refractivity contribution in [2.45, 2.75) is 26.7 Å². The summed E-state index contributed by atoms with van der Waals surface area (Å²) in [6, 6.07) is 5.63. The Hall–Kier alpha value is -1.39. The molecule has 0 radical (unpaired) electrons. The molecule has 0 aliphatic heterocycles. The summed E-state index contributed by atoms with van der Waals surface area (Å²) in [4.78, 5) is 0. The Morgan fingerprint density at radius 3 is 2.84 bits per heavy atom. The van der Waals surface area contributed by atoms with E-state index in [0.29, 0.717) is 16.8 Å². The topological polar surface area (TPSA) is 51.0 Å². The molecule has 1 N–H and O–H groups in total. The number of aromatic nitrogens is 2. The zero-order chi connectivity index (χ0) is 13.7. The molecule has 0 unspecified atom stereocenters. The lowest BCUT2D eigenvalue weighted by molar-refractivity contribution is 0.494. The molecule has 5 heteroatoms. The molecule has 0 bridgehead atoms. The molecular weight excluding hydrogens is 262 g/mol. The Morgan fingerprint density at radius 2 is 2.11 bits per heavy atom. The summed E-state index contributed by atoms with van der Waals surface area (Å²) in [5.41, 5.74) is 1.97. The van der Waals surface area contributed by atoms with Gasteiger partial charge in [0, 0.05) is 23.6 Å². The molecule has 1 aromatic carbocycles. The molecule has 102 valence electrons. The first-order valence-electron chi connectivity index (χ1n) is 6.50. The van der Waals surface area contributed by atoms with Crippen molar-refractivity contribution < 1.29 is 4.42 Å². The predicted octanol–water partition coefficient (Wildman–Crippen LogP) is 3.24. The second-order valence-corrected chi connectivity index (χ2v) is 4.90. The van der Waals surface area contributed by atoms with Gasteiger partial charge in [0.15, 0.2) is 0 Å². The summed E-state index contributed by atoms with van der Waals surface area (Å²) < 4.78 is 5.67. The van der Waals surface area contributed by atoms with Crippen LogP contribution < -0.4 is 5.32 Å². The largest absolute Gasteiger partial charge is 0.421 e. The molecule has 0 amide bonds. The molecule has 0 saturated heterocycles. The minimum Gasteiger partial charge on any atom is -0.421 e. The van der Waals surface area contributed by atoms with Gasteiger partial charge >= 0.3 is 0 Å². The van der Waals surface area contributed by atoms with Gasteiger partial charge in [-0.3, -0.25) is 0 Å². The summed E-state index contributed by atoms with van der Waals surface area (Å²) in [6.45, 7) is 5.99. The van der Waals surface area contributed by atoms with E-state index in [0.717, 1.165) is 37.1 Å².